The number of hydrogen-bond donors (Lipinski definition) is 1. The summed E-state index contributed by atoms with van der Waals surface area (Å²) >= 11 is 6.17. The minimum absolute atomic E-state index is 0.0658. The van der Waals surface area contributed by atoms with Crippen LogP contribution in [0.15, 0.2) is 34.9 Å². The van der Waals surface area contributed by atoms with E-state index in [1.165, 1.54) is 20.6 Å². The second-order valence-corrected chi connectivity index (χ2v) is 7.24. The molecule has 1 N–H and O–H groups in total. The fourth-order valence-electron chi connectivity index (χ4n) is 3.21. The standard InChI is InChI=1S/C20H21ClN4O4/c1-27-16-10-17(28-2)14(9-13(16)21)22-18(26)11-25-8-4-7-15(25)20-24-23-19(29-20)12-5-3-6-12/h4,7-10,12H,3,5-6,11H2,1-2H3,(H,22,26). The molecule has 0 atom stereocenters. The summed E-state index contributed by atoms with van der Waals surface area (Å²) in [6, 6.07) is 6.90. The first kappa shape index (κ1) is 19.3. The van der Waals surface area contributed by atoms with Gasteiger partial charge in [0, 0.05) is 18.2 Å². The third-order valence-corrected chi connectivity index (χ3v) is 5.30. The summed E-state index contributed by atoms with van der Waals surface area (Å²) in [6.45, 7) is 0.0658. The quantitative estimate of drug-likeness (QED) is 0.623. The highest BCUT2D eigenvalue weighted by atomic mass is 35.5. The summed E-state index contributed by atoms with van der Waals surface area (Å²) in [6.07, 6.45) is 5.15. The molecule has 29 heavy (non-hydrogen) atoms. The van der Waals surface area contributed by atoms with Gasteiger partial charge in [-0.05, 0) is 31.0 Å². The van der Waals surface area contributed by atoms with Crippen LogP contribution in [0, 0.1) is 0 Å². The molecular weight excluding hydrogens is 396 g/mol. The van der Waals surface area contributed by atoms with Crippen molar-refractivity contribution in [2.75, 3.05) is 19.5 Å². The van der Waals surface area contributed by atoms with Gasteiger partial charge in [0.05, 0.1) is 24.9 Å². The van der Waals surface area contributed by atoms with Crippen LogP contribution < -0.4 is 14.8 Å². The zero-order valence-electron chi connectivity index (χ0n) is 16.1. The number of benzene rings is 1. The molecule has 152 valence electrons. The van der Waals surface area contributed by atoms with E-state index in [1.54, 1.807) is 22.9 Å². The molecule has 8 nitrogen and oxygen atoms in total. The molecule has 0 spiro atoms. The van der Waals surface area contributed by atoms with Crippen LogP contribution >= 0.6 is 11.6 Å². The predicted octanol–water partition coefficient (Wildman–Crippen LogP) is 4.11. The van der Waals surface area contributed by atoms with Crippen molar-refractivity contribution in [3.05, 3.63) is 41.4 Å². The summed E-state index contributed by atoms with van der Waals surface area (Å²) in [5.41, 5.74) is 1.15. The van der Waals surface area contributed by atoms with E-state index in [0.717, 1.165) is 12.8 Å². The molecule has 1 aliphatic carbocycles. The molecule has 0 bridgehead atoms. The molecule has 0 aliphatic heterocycles. The van der Waals surface area contributed by atoms with Crippen LogP contribution in [0.5, 0.6) is 11.5 Å². The Morgan fingerprint density at radius 1 is 1.28 bits per heavy atom. The zero-order chi connectivity index (χ0) is 20.4. The molecule has 0 radical (unpaired) electrons. The number of ether oxygens (including phenoxy) is 2. The fourth-order valence-corrected chi connectivity index (χ4v) is 3.45. The number of carbonyl (C=O) groups excluding carboxylic acids is 1. The second kappa shape index (κ2) is 8.16. The first-order valence-corrected chi connectivity index (χ1v) is 9.67. The number of nitrogens with one attached hydrogen (secondary N) is 1. The molecular formula is C20H21ClN4O4. The van der Waals surface area contributed by atoms with Crippen molar-refractivity contribution in [1.29, 1.82) is 0 Å². The Morgan fingerprint density at radius 3 is 2.76 bits per heavy atom. The molecule has 1 aliphatic rings. The van der Waals surface area contributed by atoms with Crippen LogP contribution in [0.25, 0.3) is 11.6 Å². The Morgan fingerprint density at radius 2 is 2.07 bits per heavy atom. The minimum Gasteiger partial charge on any atom is -0.495 e. The van der Waals surface area contributed by atoms with Gasteiger partial charge in [-0.2, -0.15) is 0 Å². The normalized spacial score (nSPS) is 13.8. The van der Waals surface area contributed by atoms with Crippen molar-refractivity contribution in [3.63, 3.8) is 0 Å². The third-order valence-electron chi connectivity index (χ3n) is 5.01. The van der Waals surface area contributed by atoms with E-state index in [-0.39, 0.29) is 12.5 Å². The van der Waals surface area contributed by atoms with Gasteiger partial charge in [0.15, 0.2) is 0 Å². The van der Waals surface area contributed by atoms with Gasteiger partial charge in [0.25, 0.3) is 5.89 Å². The highest BCUT2D eigenvalue weighted by molar-refractivity contribution is 6.32. The van der Waals surface area contributed by atoms with Crippen LogP contribution in [0.2, 0.25) is 5.02 Å². The molecule has 0 unspecified atom stereocenters. The van der Waals surface area contributed by atoms with Crippen LogP contribution in [-0.4, -0.2) is 34.9 Å². The van der Waals surface area contributed by atoms with E-state index in [0.29, 0.717) is 45.6 Å². The van der Waals surface area contributed by atoms with Gasteiger partial charge in [0.2, 0.25) is 11.8 Å². The minimum atomic E-state index is -0.249. The maximum atomic E-state index is 12.6. The van der Waals surface area contributed by atoms with E-state index in [9.17, 15) is 4.79 Å². The average Bonchev–Trinajstić information content (AvgIpc) is 3.30. The Bertz CT molecular complexity index is 1030. The Hall–Kier alpha value is -3.00. The van der Waals surface area contributed by atoms with Crippen molar-refractivity contribution >= 4 is 23.2 Å². The third kappa shape index (κ3) is 3.93. The van der Waals surface area contributed by atoms with Gasteiger partial charge in [0.1, 0.15) is 23.7 Å². The molecule has 2 aromatic heterocycles. The maximum Gasteiger partial charge on any atom is 0.264 e. The second-order valence-electron chi connectivity index (χ2n) is 6.83. The molecule has 3 aromatic rings. The lowest BCUT2D eigenvalue weighted by Gasteiger charge is -2.20. The first-order chi connectivity index (χ1) is 14.1. The van der Waals surface area contributed by atoms with Gasteiger partial charge in [-0.25, -0.2) is 0 Å². The molecule has 1 saturated carbocycles. The van der Waals surface area contributed by atoms with Gasteiger partial charge in [-0.3, -0.25) is 4.79 Å². The van der Waals surface area contributed by atoms with Gasteiger partial charge < -0.3 is 23.8 Å². The summed E-state index contributed by atoms with van der Waals surface area (Å²) in [5, 5.41) is 11.5. The lowest BCUT2D eigenvalue weighted by Crippen LogP contribution is -2.19. The summed E-state index contributed by atoms with van der Waals surface area (Å²) < 4.78 is 18.1. The number of anilines is 1. The SMILES string of the molecule is COc1cc(OC)c(NC(=O)Cn2cccc2-c2nnc(C3CCC3)o2)cc1Cl. The Balaban J connectivity index is 1.49. The summed E-state index contributed by atoms with van der Waals surface area (Å²) in [4.78, 5) is 12.6. The molecule has 9 heteroatoms. The Labute approximate surface area is 172 Å². The zero-order valence-corrected chi connectivity index (χ0v) is 16.9. The van der Waals surface area contributed by atoms with Crippen molar-refractivity contribution in [2.24, 2.45) is 0 Å². The van der Waals surface area contributed by atoms with Crippen molar-refractivity contribution in [3.8, 4) is 23.1 Å². The molecule has 4 rings (SSSR count). The molecule has 0 saturated heterocycles. The number of halogens is 1. The lowest BCUT2D eigenvalue weighted by molar-refractivity contribution is -0.116. The molecule has 1 fully saturated rings. The largest absolute Gasteiger partial charge is 0.495 e. The number of aromatic nitrogens is 3. The number of methoxy groups -OCH3 is 2. The highest BCUT2D eigenvalue weighted by Gasteiger charge is 2.26. The van der Waals surface area contributed by atoms with E-state index < -0.39 is 0 Å². The number of rotatable bonds is 7. The van der Waals surface area contributed by atoms with Crippen molar-refractivity contribution in [1.82, 2.24) is 14.8 Å². The molecule has 1 aromatic carbocycles. The molecule has 2 heterocycles. The number of hydrogen-bond acceptors (Lipinski definition) is 6. The van der Waals surface area contributed by atoms with Gasteiger partial charge >= 0.3 is 0 Å². The summed E-state index contributed by atoms with van der Waals surface area (Å²) in [5.74, 6) is 2.11. The van der Waals surface area contributed by atoms with Crippen molar-refractivity contribution < 1.29 is 18.7 Å². The van der Waals surface area contributed by atoms with Crippen LogP contribution in [0.1, 0.15) is 31.1 Å². The van der Waals surface area contributed by atoms with Crippen molar-refractivity contribution in [2.45, 2.75) is 31.7 Å². The maximum absolute atomic E-state index is 12.6. The van der Waals surface area contributed by atoms with Crippen LogP contribution in [0.3, 0.4) is 0 Å². The smallest absolute Gasteiger partial charge is 0.264 e. The fraction of sp³-hybridized carbons (Fsp3) is 0.350. The first-order valence-electron chi connectivity index (χ1n) is 9.29. The summed E-state index contributed by atoms with van der Waals surface area (Å²) in [7, 11) is 3.03. The molecule has 1 amide bonds. The van der Waals surface area contributed by atoms with Gasteiger partial charge in [-0.15, -0.1) is 10.2 Å². The van der Waals surface area contributed by atoms with Crippen LogP contribution in [-0.2, 0) is 11.3 Å². The number of amides is 1. The number of nitrogens with zero attached hydrogens (tertiary/aromatic N) is 3. The lowest BCUT2D eigenvalue weighted by atomic mass is 9.85. The van der Waals surface area contributed by atoms with E-state index in [1.807, 2.05) is 12.1 Å². The Kier molecular flexibility index (Phi) is 5.44. The van der Waals surface area contributed by atoms with Gasteiger partial charge in [-0.1, -0.05) is 18.0 Å². The number of carbonyl (C=O) groups is 1. The monoisotopic (exact) mass is 416 g/mol. The van der Waals surface area contributed by atoms with E-state index >= 15 is 0 Å². The van der Waals surface area contributed by atoms with E-state index in [4.69, 9.17) is 25.5 Å². The topological polar surface area (TPSA) is 91.4 Å². The van der Waals surface area contributed by atoms with Crippen LogP contribution in [0.4, 0.5) is 5.69 Å². The predicted molar refractivity (Wildman–Crippen MR) is 108 cm³/mol. The average molecular weight is 417 g/mol. The highest BCUT2D eigenvalue weighted by Crippen LogP contribution is 2.37. The van der Waals surface area contributed by atoms with E-state index in [2.05, 4.69) is 15.5 Å².